The van der Waals surface area contributed by atoms with Crippen LogP contribution in [-0.2, 0) is 24.3 Å². The zero-order chi connectivity index (χ0) is 17.2. The Labute approximate surface area is 143 Å². The summed E-state index contributed by atoms with van der Waals surface area (Å²) >= 11 is 11.9. The molecule has 1 aromatic rings. The van der Waals surface area contributed by atoms with E-state index >= 15 is 0 Å². The lowest BCUT2D eigenvalue weighted by Crippen LogP contribution is -2.57. The Hall–Kier alpha value is -1.35. The van der Waals surface area contributed by atoms with E-state index in [9.17, 15) is 18.0 Å². The lowest BCUT2D eigenvalue weighted by atomic mass is 10.1. The average molecular weight is 381 g/mol. The summed E-state index contributed by atoms with van der Waals surface area (Å²) in [6.45, 7) is 0.120. The molecule has 0 aliphatic carbocycles. The van der Waals surface area contributed by atoms with Gasteiger partial charge in [0, 0.05) is 13.1 Å². The monoisotopic (exact) mass is 380 g/mol. The summed E-state index contributed by atoms with van der Waals surface area (Å²) in [5.41, 5.74) is 0. The molecule has 1 heterocycles. The summed E-state index contributed by atoms with van der Waals surface area (Å²) < 4.78 is 31.2. The minimum absolute atomic E-state index is 0.00269. The van der Waals surface area contributed by atoms with Crippen molar-refractivity contribution in [2.75, 3.05) is 20.2 Å². The van der Waals surface area contributed by atoms with Gasteiger partial charge in [0.2, 0.25) is 15.9 Å². The van der Waals surface area contributed by atoms with Gasteiger partial charge in [0.1, 0.15) is 10.9 Å². The molecule has 23 heavy (non-hydrogen) atoms. The van der Waals surface area contributed by atoms with Crippen molar-refractivity contribution in [2.24, 2.45) is 0 Å². The molecule has 1 aliphatic rings. The third-order valence-corrected chi connectivity index (χ3v) is 6.22. The Bertz CT molecular complexity index is 718. The van der Waals surface area contributed by atoms with Crippen molar-refractivity contribution >= 4 is 45.1 Å². The third kappa shape index (κ3) is 3.60. The molecule has 1 aromatic carbocycles. The maximum absolute atomic E-state index is 12.9. The van der Waals surface area contributed by atoms with Crippen LogP contribution >= 0.6 is 23.2 Å². The van der Waals surface area contributed by atoms with Crippen molar-refractivity contribution in [3.05, 3.63) is 28.2 Å². The zero-order valence-corrected chi connectivity index (χ0v) is 14.4. The second-order valence-electron chi connectivity index (χ2n) is 4.75. The van der Waals surface area contributed by atoms with Gasteiger partial charge in [-0.3, -0.25) is 9.59 Å². The van der Waals surface area contributed by atoms with E-state index in [2.05, 4.69) is 10.1 Å². The van der Waals surface area contributed by atoms with E-state index in [-0.39, 0.29) is 28.0 Å². The van der Waals surface area contributed by atoms with Crippen molar-refractivity contribution < 1.29 is 22.7 Å². The highest BCUT2D eigenvalue weighted by molar-refractivity contribution is 7.89. The standard InChI is InChI=1S/C13H14Cl2N2O5S/c1-22-11(18)7-10-13(19)16-5-6-17(10)23(20,21)12-8(14)3-2-4-9(12)15/h2-4,10H,5-7H2,1H3,(H,16,19). The van der Waals surface area contributed by atoms with Gasteiger partial charge < -0.3 is 10.1 Å². The van der Waals surface area contributed by atoms with Gasteiger partial charge in [0.25, 0.3) is 0 Å². The number of halogens is 2. The van der Waals surface area contributed by atoms with E-state index in [4.69, 9.17) is 23.2 Å². The number of benzene rings is 1. The lowest BCUT2D eigenvalue weighted by molar-refractivity contribution is -0.144. The summed E-state index contributed by atoms with van der Waals surface area (Å²) in [6.07, 6.45) is -0.399. The van der Waals surface area contributed by atoms with E-state index in [0.29, 0.717) is 0 Å². The zero-order valence-electron chi connectivity index (χ0n) is 12.1. The quantitative estimate of drug-likeness (QED) is 0.787. The first kappa shape index (κ1) is 18.0. The normalized spacial score (nSPS) is 19.3. The number of hydrogen-bond donors (Lipinski definition) is 1. The van der Waals surface area contributed by atoms with E-state index < -0.39 is 34.4 Å². The van der Waals surface area contributed by atoms with Crippen molar-refractivity contribution in [3.63, 3.8) is 0 Å². The smallest absolute Gasteiger partial charge is 0.307 e. The number of ether oxygens (including phenoxy) is 1. The van der Waals surface area contributed by atoms with Crippen LogP contribution in [0.3, 0.4) is 0 Å². The Morgan fingerprint density at radius 1 is 1.39 bits per heavy atom. The highest BCUT2D eigenvalue weighted by atomic mass is 35.5. The molecule has 1 atom stereocenters. The molecule has 0 aromatic heterocycles. The molecule has 0 bridgehead atoms. The van der Waals surface area contributed by atoms with Crippen LogP contribution in [0.2, 0.25) is 10.0 Å². The molecule has 1 aliphatic heterocycles. The van der Waals surface area contributed by atoms with Gasteiger partial charge in [-0.1, -0.05) is 29.3 Å². The van der Waals surface area contributed by atoms with Gasteiger partial charge in [-0.15, -0.1) is 0 Å². The second kappa shape index (κ2) is 7.04. The fourth-order valence-corrected chi connectivity index (χ4v) is 4.95. The average Bonchev–Trinajstić information content (AvgIpc) is 2.48. The molecule has 0 saturated carbocycles. The number of nitrogens with one attached hydrogen (secondary N) is 1. The molecule has 126 valence electrons. The maximum Gasteiger partial charge on any atom is 0.307 e. The first-order valence-electron chi connectivity index (χ1n) is 6.59. The van der Waals surface area contributed by atoms with Crippen LogP contribution in [-0.4, -0.2) is 50.8 Å². The summed E-state index contributed by atoms with van der Waals surface area (Å²) in [4.78, 5) is 23.2. The number of esters is 1. The minimum Gasteiger partial charge on any atom is -0.469 e. The van der Waals surface area contributed by atoms with Gasteiger partial charge in [-0.05, 0) is 12.1 Å². The van der Waals surface area contributed by atoms with Gasteiger partial charge in [0.15, 0.2) is 0 Å². The molecule has 0 spiro atoms. The molecule has 10 heteroatoms. The Kier molecular flexibility index (Phi) is 5.51. The molecule has 7 nitrogen and oxygen atoms in total. The molecular weight excluding hydrogens is 367 g/mol. The molecule has 0 radical (unpaired) electrons. The predicted molar refractivity (Wildman–Crippen MR) is 83.8 cm³/mol. The number of carbonyl (C=O) groups is 2. The number of piperazine rings is 1. The molecule has 2 rings (SSSR count). The molecule has 1 unspecified atom stereocenters. The Morgan fingerprint density at radius 2 is 2.00 bits per heavy atom. The number of methoxy groups -OCH3 is 1. The number of nitrogens with zero attached hydrogens (tertiary/aromatic N) is 1. The fraction of sp³-hybridized carbons (Fsp3) is 0.385. The van der Waals surface area contributed by atoms with E-state index in [1.165, 1.54) is 18.2 Å². The number of amides is 1. The molecule has 1 amide bonds. The van der Waals surface area contributed by atoms with Crippen molar-refractivity contribution in [1.82, 2.24) is 9.62 Å². The van der Waals surface area contributed by atoms with Crippen LogP contribution in [0.4, 0.5) is 0 Å². The van der Waals surface area contributed by atoms with Gasteiger partial charge in [0.05, 0.1) is 23.6 Å². The van der Waals surface area contributed by atoms with Crippen LogP contribution in [0.15, 0.2) is 23.1 Å². The number of rotatable bonds is 4. The van der Waals surface area contributed by atoms with Crippen LogP contribution in [0, 0.1) is 0 Å². The number of carbonyl (C=O) groups excluding carboxylic acids is 2. The van der Waals surface area contributed by atoms with Gasteiger partial charge in [-0.2, -0.15) is 4.31 Å². The minimum atomic E-state index is -4.16. The summed E-state index contributed by atoms with van der Waals surface area (Å²) in [5, 5.41) is 2.41. The van der Waals surface area contributed by atoms with Crippen LogP contribution in [0.5, 0.6) is 0 Å². The molecule has 1 fully saturated rings. The summed E-state index contributed by atoms with van der Waals surface area (Å²) in [5.74, 6) is -1.27. The molecule has 1 saturated heterocycles. The lowest BCUT2D eigenvalue weighted by Gasteiger charge is -2.33. The number of sulfonamides is 1. The largest absolute Gasteiger partial charge is 0.469 e. The summed E-state index contributed by atoms with van der Waals surface area (Å²) in [7, 11) is -3.00. The van der Waals surface area contributed by atoms with E-state index in [1.54, 1.807) is 0 Å². The van der Waals surface area contributed by atoms with Gasteiger partial charge in [-0.25, -0.2) is 8.42 Å². The second-order valence-corrected chi connectivity index (χ2v) is 7.40. The van der Waals surface area contributed by atoms with Gasteiger partial charge >= 0.3 is 5.97 Å². The Balaban J connectivity index is 2.47. The predicted octanol–water partition coefficient (Wildman–Crippen LogP) is 1.05. The fourth-order valence-electron chi connectivity index (χ4n) is 2.26. The van der Waals surface area contributed by atoms with E-state index in [1.807, 2.05) is 0 Å². The van der Waals surface area contributed by atoms with Crippen molar-refractivity contribution in [2.45, 2.75) is 17.4 Å². The highest BCUT2D eigenvalue weighted by Gasteiger charge is 2.41. The molecule has 1 N–H and O–H groups in total. The number of hydrogen-bond acceptors (Lipinski definition) is 5. The van der Waals surface area contributed by atoms with Crippen LogP contribution in [0.1, 0.15) is 6.42 Å². The Morgan fingerprint density at radius 3 is 2.57 bits per heavy atom. The van der Waals surface area contributed by atoms with Crippen molar-refractivity contribution in [1.29, 1.82) is 0 Å². The van der Waals surface area contributed by atoms with E-state index in [0.717, 1.165) is 11.4 Å². The highest BCUT2D eigenvalue weighted by Crippen LogP contribution is 2.33. The first-order valence-corrected chi connectivity index (χ1v) is 8.79. The SMILES string of the molecule is COC(=O)CC1C(=O)NCCN1S(=O)(=O)c1c(Cl)cccc1Cl. The third-order valence-electron chi connectivity index (χ3n) is 3.36. The summed E-state index contributed by atoms with van der Waals surface area (Å²) in [6, 6.07) is 3.08. The van der Waals surface area contributed by atoms with Crippen molar-refractivity contribution in [3.8, 4) is 0 Å². The van der Waals surface area contributed by atoms with Crippen LogP contribution < -0.4 is 5.32 Å². The molecular formula is C13H14Cl2N2O5S. The first-order chi connectivity index (χ1) is 10.8. The maximum atomic E-state index is 12.9. The topological polar surface area (TPSA) is 92.8 Å². The van der Waals surface area contributed by atoms with Crippen LogP contribution in [0.25, 0.3) is 0 Å².